The first-order valence-electron chi connectivity index (χ1n) is 11.1. The van der Waals surface area contributed by atoms with Crippen LogP contribution in [0.4, 0.5) is 0 Å². The summed E-state index contributed by atoms with van der Waals surface area (Å²) >= 11 is 0. The number of hydrogen-bond acceptors (Lipinski definition) is 1. The van der Waals surface area contributed by atoms with Crippen LogP contribution >= 0.6 is 0 Å². The first-order chi connectivity index (χ1) is 15.9. The van der Waals surface area contributed by atoms with Crippen LogP contribution in [0.1, 0.15) is 0 Å². The maximum absolute atomic E-state index is 6.48. The summed E-state index contributed by atoms with van der Waals surface area (Å²) in [5.74, 6) is 0. The van der Waals surface area contributed by atoms with E-state index in [0.717, 1.165) is 11.2 Å². The average molecular weight is 406 g/mol. The molecule has 5 aromatic carbocycles. The molecule has 0 aliphatic carbocycles. The second-order valence-corrected chi connectivity index (χ2v) is 8.48. The zero-order valence-corrected chi connectivity index (χ0v) is 17.5. The second-order valence-electron chi connectivity index (χ2n) is 8.48. The average Bonchev–Trinajstić information content (AvgIpc) is 3.19. The molecule has 2 heterocycles. The normalized spacial score (nSPS) is 12.3. The van der Waals surface area contributed by atoms with Crippen LogP contribution in [0.5, 0.6) is 0 Å². The minimum atomic E-state index is 0.0825. The second kappa shape index (κ2) is 6.73. The molecule has 1 nitrogen and oxygen atoms in total. The molecular formula is C30H19BO. The van der Waals surface area contributed by atoms with E-state index in [1.165, 1.54) is 49.4 Å². The van der Waals surface area contributed by atoms with Crippen molar-refractivity contribution >= 4 is 45.0 Å². The monoisotopic (exact) mass is 406 g/mol. The number of hydrogen-bond donors (Lipinski definition) is 0. The lowest BCUT2D eigenvalue weighted by molar-refractivity contribution is 0.671. The van der Waals surface area contributed by atoms with Crippen LogP contribution in [0, 0.1) is 0 Å². The lowest BCUT2D eigenvalue weighted by Gasteiger charge is -2.18. The van der Waals surface area contributed by atoms with Crippen LogP contribution in [0.15, 0.2) is 120 Å². The zero-order valence-electron chi connectivity index (χ0n) is 17.5. The van der Waals surface area contributed by atoms with Gasteiger partial charge in [-0.15, -0.1) is 0 Å². The quantitative estimate of drug-likeness (QED) is 0.317. The van der Waals surface area contributed by atoms with E-state index in [0.29, 0.717) is 0 Å². The molecule has 148 valence electrons. The van der Waals surface area contributed by atoms with Crippen molar-refractivity contribution in [1.29, 1.82) is 0 Å². The smallest absolute Gasteiger partial charge is 0.247 e. The third kappa shape index (κ3) is 2.41. The number of rotatable bonds is 1. The highest BCUT2D eigenvalue weighted by atomic mass is 16.3. The van der Waals surface area contributed by atoms with Gasteiger partial charge in [0.15, 0.2) is 0 Å². The molecule has 6 aromatic rings. The lowest BCUT2D eigenvalue weighted by Crippen LogP contribution is -2.52. The summed E-state index contributed by atoms with van der Waals surface area (Å²) in [5, 5.41) is 2.35. The molecule has 1 aliphatic heterocycles. The van der Waals surface area contributed by atoms with E-state index < -0.39 is 0 Å². The molecule has 7 rings (SSSR count). The van der Waals surface area contributed by atoms with Crippen molar-refractivity contribution in [2.24, 2.45) is 0 Å². The van der Waals surface area contributed by atoms with Gasteiger partial charge < -0.3 is 4.42 Å². The standard InChI is InChI=1S/C30H19BO/c1-2-11-21-20(10-1)22-12-3-6-16-26(22)31(27-17-7-4-13-23(21)27)28-18-9-15-25-24-14-5-8-19-29(24)32-30(25)28/h1-19H. The summed E-state index contributed by atoms with van der Waals surface area (Å²) in [5.41, 5.74) is 10.9. The summed E-state index contributed by atoms with van der Waals surface area (Å²) in [6.45, 7) is 0.0825. The Morgan fingerprint density at radius 1 is 0.406 bits per heavy atom. The van der Waals surface area contributed by atoms with Crippen molar-refractivity contribution < 1.29 is 4.42 Å². The van der Waals surface area contributed by atoms with Gasteiger partial charge in [-0.3, -0.25) is 0 Å². The molecule has 0 fully saturated rings. The van der Waals surface area contributed by atoms with Crippen LogP contribution in [0.25, 0.3) is 44.2 Å². The van der Waals surface area contributed by atoms with Gasteiger partial charge in [-0.25, -0.2) is 0 Å². The van der Waals surface area contributed by atoms with Crippen molar-refractivity contribution in [2.75, 3.05) is 0 Å². The van der Waals surface area contributed by atoms with Gasteiger partial charge >= 0.3 is 0 Å². The highest BCUT2D eigenvalue weighted by molar-refractivity contribution is 6.98. The molecular weight excluding hydrogens is 387 g/mol. The van der Waals surface area contributed by atoms with Gasteiger partial charge in [0.1, 0.15) is 11.2 Å². The van der Waals surface area contributed by atoms with Gasteiger partial charge in [-0.2, -0.15) is 0 Å². The van der Waals surface area contributed by atoms with E-state index >= 15 is 0 Å². The van der Waals surface area contributed by atoms with Crippen LogP contribution in [-0.2, 0) is 0 Å². The maximum atomic E-state index is 6.48. The molecule has 2 heteroatoms. The van der Waals surface area contributed by atoms with Crippen molar-refractivity contribution in [1.82, 2.24) is 0 Å². The van der Waals surface area contributed by atoms with Crippen molar-refractivity contribution in [2.45, 2.75) is 0 Å². The number of fused-ring (bicyclic) bond motifs is 8. The van der Waals surface area contributed by atoms with E-state index in [4.69, 9.17) is 4.42 Å². The molecule has 0 bridgehead atoms. The predicted molar refractivity (Wildman–Crippen MR) is 136 cm³/mol. The van der Waals surface area contributed by atoms with E-state index in [-0.39, 0.29) is 6.71 Å². The number of benzene rings is 5. The first-order valence-corrected chi connectivity index (χ1v) is 11.1. The largest absolute Gasteiger partial charge is 0.457 e. The molecule has 0 unspecified atom stereocenters. The molecule has 0 saturated heterocycles. The highest BCUT2D eigenvalue weighted by Crippen LogP contribution is 2.34. The van der Waals surface area contributed by atoms with Gasteiger partial charge in [0, 0.05) is 10.8 Å². The zero-order chi connectivity index (χ0) is 21.1. The van der Waals surface area contributed by atoms with Gasteiger partial charge in [-0.05, 0) is 33.8 Å². The first kappa shape index (κ1) is 17.6. The Balaban J connectivity index is 1.63. The van der Waals surface area contributed by atoms with E-state index in [9.17, 15) is 0 Å². The SMILES string of the molecule is c1ccc2c(c1)B(c1cccc3c1oc1ccccc13)c1ccccc1-c1ccccc1-2. The van der Waals surface area contributed by atoms with Gasteiger partial charge in [0.25, 0.3) is 0 Å². The predicted octanol–water partition coefficient (Wildman–Crippen LogP) is 5.75. The van der Waals surface area contributed by atoms with Gasteiger partial charge in [0.2, 0.25) is 6.71 Å². The highest BCUT2D eigenvalue weighted by Gasteiger charge is 2.33. The fraction of sp³-hybridized carbons (Fsp3) is 0. The number of furan rings is 1. The van der Waals surface area contributed by atoms with Crippen molar-refractivity contribution in [3.63, 3.8) is 0 Å². The topological polar surface area (TPSA) is 13.1 Å². The molecule has 0 spiro atoms. The van der Waals surface area contributed by atoms with E-state index in [1.807, 2.05) is 6.07 Å². The molecule has 0 amide bonds. The van der Waals surface area contributed by atoms with Crippen LogP contribution < -0.4 is 16.4 Å². The van der Waals surface area contributed by atoms with Crippen molar-refractivity contribution in [3.05, 3.63) is 115 Å². The minimum absolute atomic E-state index is 0.0825. The summed E-state index contributed by atoms with van der Waals surface area (Å²) in [4.78, 5) is 0. The Kier molecular flexibility index (Phi) is 3.71. The summed E-state index contributed by atoms with van der Waals surface area (Å²) < 4.78 is 6.48. The molecule has 1 aliphatic rings. The van der Waals surface area contributed by atoms with Crippen LogP contribution in [-0.4, -0.2) is 6.71 Å². The summed E-state index contributed by atoms with van der Waals surface area (Å²) in [6.07, 6.45) is 0. The third-order valence-electron chi connectivity index (χ3n) is 6.80. The Labute approximate surface area is 187 Å². The molecule has 0 atom stereocenters. The van der Waals surface area contributed by atoms with Crippen LogP contribution in [0.2, 0.25) is 0 Å². The number of para-hydroxylation sites is 2. The Hall–Kier alpha value is -4.04. The summed E-state index contributed by atoms with van der Waals surface area (Å²) in [7, 11) is 0. The molecule has 1 aromatic heterocycles. The van der Waals surface area contributed by atoms with Gasteiger partial charge in [-0.1, -0.05) is 120 Å². The fourth-order valence-corrected chi connectivity index (χ4v) is 5.44. The minimum Gasteiger partial charge on any atom is -0.457 e. The molecule has 0 radical (unpaired) electrons. The van der Waals surface area contributed by atoms with E-state index in [2.05, 4.69) is 109 Å². The molecule has 0 saturated carbocycles. The summed E-state index contributed by atoms with van der Waals surface area (Å²) in [6, 6.07) is 41.3. The van der Waals surface area contributed by atoms with Crippen molar-refractivity contribution in [3.8, 4) is 22.3 Å². The fourth-order valence-electron chi connectivity index (χ4n) is 5.44. The Morgan fingerprint density at radius 2 is 0.906 bits per heavy atom. The molecule has 0 N–H and O–H groups in total. The molecule has 32 heavy (non-hydrogen) atoms. The Bertz CT molecular complexity index is 1580. The van der Waals surface area contributed by atoms with E-state index in [1.54, 1.807) is 0 Å². The van der Waals surface area contributed by atoms with Crippen LogP contribution in [0.3, 0.4) is 0 Å². The Morgan fingerprint density at radius 3 is 1.59 bits per heavy atom. The lowest BCUT2D eigenvalue weighted by atomic mass is 9.35. The third-order valence-corrected chi connectivity index (χ3v) is 6.80. The maximum Gasteiger partial charge on any atom is 0.247 e. The van der Waals surface area contributed by atoms with Gasteiger partial charge in [0.05, 0.1) is 0 Å².